The quantitative estimate of drug-likeness (QED) is 0.904. The molecule has 0 saturated heterocycles. The molecule has 0 fully saturated rings. The predicted molar refractivity (Wildman–Crippen MR) is 81.5 cm³/mol. The van der Waals surface area contributed by atoms with Crippen LogP contribution in [0.4, 0.5) is 5.69 Å². The lowest BCUT2D eigenvalue weighted by Gasteiger charge is -2.19. The summed E-state index contributed by atoms with van der Waals surface area (Å²) in [5.41, 5.74) is 0.941. The summed E-state index contributed by atoms with van der Waals surface area (Å²) in [5.74, 6) is -1.08. The lowest BCUT2D eigenvalue weighted by molar-refractivity contribution is -0.142. The van der Waals surface area contributed by atoms with Gasteiger partial charge in [0.1, 0.15) is 0 Å². The normalized spacial score (nSPS) is 11.0. The predicted octanol–water partition coefficient (Wildman–Crippen LogP) is 3.30. The van der Waals surface area contributed by atoms with Crippen LogP contribution >= 0.6 is 0 Å². The van der Waals surface area contributed by atoms with Gasteiger partial charge in [-0.3, -0.25) is 9.59 Å². The van der Waals surface area contributed by atoms with Gasteiger partial charge in [-0.05, 0) is 43.7 Å². The summed E-state index contributed by atoms with van der Waals surface area (Å²) in [7, 11) is 0. The average molecular weight is 283 g/mol. The summed E-state index contributed by atoms with van der Waals surface area (Å²) in [6.45, 7) is 3.29. The van der Waals surface area contributed by atoms with Gasteiger partial charge >= 0.3 is 5.97 Å². The molecule has 0 heterocycles. The van der Waals surface area contributed by atoms with Crippen molar-refractivity contribution < 1.29 is 14.7 Å². The van der Waals surface area contributed by atoms with Crippen molar-refractivity contribution in [3.8, 4) is 0 Å². The van der Waals surface area contributed by atoms with Gasteiger partial charge < -0.3 is 10.4 Å². The number of amides is 1. The van der Waals surface area contributed by atoms with Gasteiger partial charge in [0.15, 0.2) is 0 Å². The van der Waals surface area contributed by atoms with Gasteiger partial charge in [-0.2, -0.15) is 0 Å². The highest BCUT2D eigenvalue weighted by Crippen LogP contribution is 2.24. The minimum absolute atomic E-state index is 0.194. The zero-order valence-corrected chi connectivity index (χ0v) is 12.0. The van der Waals surface area contributed by atoms with E-state index in [1.165, 1.54) is 0 Å². The topological polar surface area (TPSA) is 66.4 Å². The van der Waals surface area contributed by atoms with Crippen LogP contribution in [0.15, 0.2) is 54.6 Å². The number of carbonyl (C=O) groups is 2. The van der Waals surface area contributed by atoms with E-state index in [-0.39, 0.29) is 5.91 Å². The monoisotopic (exact) mass is 283 g/mol. The summed E-state index contributed by atoms with van der Waals surface area (Å²) in [6.07, 6.45) is 0. The number of aliphatic carboxylic acids is 1. The van der Waals surface area contributed by atoms with Crippen LogP contribution < -0.4 is 5.32 Å². The van der Waals surface area contributed by atoms with Gasteiger partial charge in [-0.15, -0.1) is 0 Å². The van der Waals surface area contributed by atoms with Gasteiger partial charge in [0.05, 0.1) is 5.41 Å². The second-order valence-electron chi connectivity index (χ2n) is 5.33. The highest BCUT2D eigenvalue weighted by atomic mass is 16.4. The molecule has 2 N–H and O–H groups in total. The van der Waals surface area contributed by atoms with E-state index in [4.69, 9.17) is 0 Å². The fourth-order valence-corrected chi connectivity index (χ4v) is 1.89. The molecular formula is C17H17NO3. The van der Waals surface area contributed by atoms with E-state index in [0.29, 0.717) is 16.8 Å². The molecule has 1 amide bonds. The zero-order valence-electron chi connectivity index (χ0n) is 12.0. The number of hydrogen-bond donors (Lipinski definition) is 2. The lowest BCUT2D eigenvalue weighted by Crippen LogP contribution is -2.28. The zero-order chi connectivity index (χ0) is 15.5. The molecule has 0 saturated carbocycles. The summed E-state index contributed by atoms with van der Waals surface area (Å²) in [4.78, 5) is 23.2. The number of carbonyl (C=O) groups excluding carboxylic acids is 1. The Morgan fingerprint density at radius 3 is 2.05 bits per heavy atom. The minimum Gasteiger partial charge on any atom is -0.481 e. The van der Waals surface area contributed by atoms with Crippen molar-refractivity contribution in [3.05, 3.63) is 65.7 Å². The van der Waals surface area contributed by atoms with Crippen molar-refractivity contribution in [2.75, 3.05) is 5.32 Å². The molecule has 21 heavy (non-hydrogen) atoms. The average Bonchev–Trinajstić information content (AvgIpc) is 2.48. The van der Waals surface area contributed by atoms with Crippen LogP contribution in [-0.4, -0.2) is 17.0 Å². The third-order valence-electron chi connectivity index (χ3n) is 3.44. The molecule has 0 aliphatic rings. The van der Waals surface area contributed by atoms with Crippen LogP contribution in [0.2, 0.25) is 0 Å². The van der Waals surface area contributed by atoms with E-state index in [1.54, 1.807) is 62.4 Å². The molecule has 0 spiro atoms. The van der Waals surface area contributed by atoms with Gasteiger partial charge in [-0.25, -0.2) is 0 Å². The van der Waals surface area contributed by atoms with Gasteiger partial charge in [0, 0.05) is 11.3 Å². The Morgan fingerprint density at radius 2 is 1.52 bits per heavy atom. The summed E-state index contributed by atoms with van der Waals surface area (Å²) < 4.78 is 0. The fraction of sp³-hybridized carbons (Fsp3) is 0.176. The Morgan fingerprint density at radius 1 is 0.952 bits per heavy atom. The molecule has 2 rings (SSSR count). The smallest absolute Gasteiger partial charge is 0.313 e. The highest BCUT2D eigenvalue weighted by Gasteiger charge is 2.29. The molecule has 0 unspecified atom stereocenters. The number of carboxylic acids is 1. The van der Waals surface area contributed by atoms with Crippen LogP contribution in [0.25, 0.3) is 0 Å². The van der Waals surface area contributed by atoms with Crippen molar-refractivity contribution in [2.45, 2.75) is 19.3 Å². The van der Waals surface area contributed by atoms with E-state index < -0.39 is 11.4 Å². The Kier molecular flexibility index (Phi) is 4.08. The standard InChI is InChI=1S/C17H17NO3/c1-17(2,16(20)21)13-8-10-14(11-9-13)18-15(19)12-6-4-3-5-7-12/h3-11H,1-2H3,(H,18,19)(H,20,21). The Labute approximate surface area is 123 Å². The molecule has 0 bridgehead atoms. The van der Waals surface area contributed by atoms with E-state index in [0.717, 1.165) is 0 Å². The van der Waals surface area contributed by atoms with E-state index in [9.17, 15) is 14.7 Å². The van der Waals surface area contributed by atoms with Crippen LogP contribution in [0.3, 0.4) is 0 Å². The van der Waals surface area contributed by atoms with Crippen molar-refractivity contribution in [2.24, 2.45) is 0 Å². The molecule has 2 aromatic rings. The Bertz CT molecular complexity index is 645. The van der Waals surface area contributed by atoms with Crippen molar-refractivity contribution in [1.29, 1.82) is 0 Å². The number of carboxylic acid groups (broad SMARTS) is 1. The molecule has 2 aromatic carbocycles. The van der Waals surface area contributed by atoms with Crippen LogP contribution in [0.5, 0.6) is 0 Å². The number of benzene rings is 2. The summed E-state index contributed by atoms with van der Waals surface area (Å²) in [5, 5.41) is 12.0. The molecule has 0 radical (unpaired) electrons. The summed E-state index contributed by atoms with van der Waals surface area (Å²) >= 11 is 0. The molecule has 4 heteroatoms. The van der Waals surface area contributed by atoms with E-state index in [2.05, 4.69) is 5.32 Å². The van der Waals surface area contributed by atoms with Crippen molar-refractivity contribution >= 4 is 17.6 Å². The number of rotatable bonds is 4. The first-order valence-electron chi connectivity index (χ1n) is 6.61. The number of nitrogens with one attached hydrogen (secondary N) is 1. The molecule has 0 aliphatic heterocycles. The fourth-order valence-electron chi connectivity index (χ4n) is 1.89. The third-order valence-corrected chi connectivity index (χ3v) is 3.44. The van der Waals surface area contributed by atoms with Gasteiger partial charge in [-0.1, -0.05) is 30.3 Å². The SMILES string of the molecule is CC(C)(C(=O)O)c1ccc(NC(=O)c2ccccc2)cc1. The minimum atomic E-state index is -0.956. The molecule has 0 atom stereocenters. The third kappa shape index (κ3) is 3.28. The second-order valence-corrected chi connectivity index (χ2v) is 5.33. The van der Waals surface area contributed by atoms with E-state index >= 15 is 0 Å². The lowest BCUT2D eigenvalue weighted by atomic mass is 9.85. The molecule has 4 nitrogen and oxygen atoms in total. The molecule has 108 valence electrons. The highest BCUT2D eigenvalue weighted by molar-refractivity contribution is 6.04. The Hall–Kier alpha value is -2.62. The molecule has 0 aromatic heterocycles. The van der Waals surface area contributed by atoms with Gasteiger partial charge in [0.25, 0.3) is 5.91 Å². The number of hydrogen-bond acceptors (Lipinski definition) is 2. The maximum atomic E-state index is 12.0. The molecule has 0 aliphatic carbocycles. The number of anilines is 1. The van der Waals surface area contributed by atoms with Crippen LogP contribution in [0.1, 0.15) is 29.8 Å². The van der Waals surface area contributed by atoms with Crippen molar-refractivity contribution in [1.82, 2.24) is 0 Å². The van der Waals surface area contributed by atoms with Crippen LogP contribution in [0, 0.1) is 0 Å². The summed E-state index contributed by atoms with van der Waals surface area (Å²) in [6, 6.07) is 15.8. The first kappa shape index (κ1) is 14.8. The second kappa shape index (κ2) is 5.79. The van der Waals surface area contributed by atoms with Crippen molar-refractivity contribution in [3.63, 3.8) is 0 Å². The maximum absolute atomic E-state index is 12.0. The maximum Gasteiger partial charge on any atom is 0.313 e. The molecular weight excluding hydrogens is 266 g/mol. The first-order chi connectivity index (χ1) is 9.91. The first-order valence-corrected chi connectivity index (χ1v) is 6.61. The Balaban J connectivity index is 2.14. The largest absolute Gasteiger partial charge is 0.481 e. The van der Waals surface area contributed by atoms with E-state index in [1.807, 2.05) is 6.07 Å². The van der Waals surface area contributed by atoms with Gasteiger partial charge in [0.2, 0.25) is 0 Å². The van der Waals surface area contributed by atoms with Crippen LogP contribution in [-0.2, 0) is 10.2 Å².